The first kappa shape index (κ1) is 19.4. The van der Waals surface area contributed by atoms with Crippen molar-refractivity contribution in [2.24, 2.45) is 0 Å². The van der Waals surface area contributed by atoms with Crippen molar-refractivity contribution in [3.63, 3.8) is 0 Å². The van der Waals surface area contributed by atoms with E-state index in [1.54, 1.807) is 23.2 Å². The fraction of sp³-hybridized carbons (Fsp3) is 0.273. The summed E-state index contributed by atoms with van der Waals surface area (Å²) in [6.07, 6.45) is 3.72. The van der Waals surface area contributed by atoms with Crippen LogP contribution in [-0.2, 0) is 11.3 Å². The second-order valence-corrected chi connectivity index (χ2v) is 8.00. The predicted octanol–water partition coefficient (Wildman–Crippen LogP) is 4.73. The lowest BCUT2D eigenvalue weighted by Gasteiger charge is -2.25. The molecule has 0 spiro atoms. The fourth-order valence-corrected chi connectivity index (χ4v) is 4.15. The number of anilines is 1. The Morgan fingerprint density at radius 2 is 2.00 bits per heavy atom. The van der Waals surface area contributed by atoms with Crippen molar-refractivity contribution in [3.8, 4) is 16.2 Å². The van der Waals surface area contributed by atoms with Crippen molar-refractivity contribution in [1.82, 2.24) is 9.88 Å². The molecule has 1 saturated heterocycles. The molecule has 2 amide bonds. The van der Waals surface area contributed by atoms with E-state index in [0.717, 1.165) is 29.9 Å². The van der Waals surface area contributed by atoms with E-state index in [9.17, 15) is 9.90 Å². The quantitative estimate of drug-likeness (QED) is 0.617. The Kier molecular flexibility index (Phi) is 6.07. The molecule has 0 aliphatic carbocycles. The number of nitrogens with zero attached hydrogens (tertiary/aromatic N) is 2. The van der Waals surface area contributed by atoms with E-state index in [2.05, 4.69) is 10.3 Å². The van der Waals surface area contributed by atoms with Gasteiger partial charge in [-0.05, 0) is 24.5 Å². The normalized spacial score (nSPS) is 15.9. The number of para-hydroxylation sites is 1. The number of rotatable bonds is 6. The Balaban J connectivity index is 1.48. The van der Waals surface area contributed by atoms with Gasteiger partial charge in [0, 0.05) is 24.9 Å². The molecular weight excluding hydrogens is 386 g/mol. The number of benzene rings is 2. The maximum absolute atomic E-state index is 13.0. The Hall–Kier alpha value is -2.90. The molecule has 7 heteroatoms. The maximum atomic E-state index is 13.0. The van der Waals surface area contributed by atoms with E-state index >= 15 is 0 Å². The highest BCUT2D eigenvalue weighted by molar-refractivity contribution is 7.19. The molecule has 1 unspecified atom stereocenters. The summed E-state index contributed by atoms with van der Waals surface area (Å²) in [5.74, 6) is 0.179. The molecule has 3 aromatic rings. The number of hydrogen-bond donors (Lipinski definition) is 2. The number of aromatic hydroxyl groups is 1. The first-order chi connectivity index (χ1) is 14.2. The third kappa shape index (κ3) is 4.93. The SMILES string of the molecule is O=C(Nc1ncc(-c2ccccc2)s1)N(Cc1ccccc1O)CC1CCCO1. The zero-order valence-corrected chi connectivity index (χ0v) is 16.8. The molecule has 1 fully saturated rings. The first-order valence-electron chi connectivity index (χ1n) is 9.64. The number of ether oxygens (including phenoxy) is 1. The van der Waals surface area contributed by atoms with E-state index < -0.39 is 0 Å². The molecule has 2 aromatic carbocycles. The lowest BCUT2D eigenvalue weighted by atomic mass is 10.1. The van der Waals surface area contributed by atoms with Crippen molar-refractivity contribution < 1.29 is 14.6 Å². The van der Waals surface area contributed by atoms with Crippen LogP contribution in [0.2, 0.25) is 0 Å². The summed E-state index contributed by atoms with van der Waals surface area (Å²) in [5.41, 5.74) is 1.76. The number of phenolic OH excluding ortho intramolecular Hbond substituents is 1. The predicted molar refractivity (Wildman–Crippen MR) is 114 cm³/mol. The van der Waals surface area contributed by atoms with E-state index in [4.69, 9.17) is 4.74 Å². The Morgan fingerprint density at radius 3 is 2.76 bits per heavy atom. The summed E-state index contributed by atoms with van der Waals surface area (Å²) in [6, 6.07) is 16.8. The van der Waals surface area contributed by atoms with Gasteiger partial charge in [-0.15, -0.1) is 0 Å². The highest BCUT2D eigenvalue weighted by Gasteiger charge is 2.24. The van der Waals surface area contributed by atoms with Crippen molar-refractivity contribution in [1.29, 1.82) is 0 Å². The summed E-state index contributed by atoms with van der Waals surface area (Å²) in [7, 11) is 0. The second-order valence-electron chi connectivity index (χ2n) is 6.97. The van der Waals surface area contributed by atoms with Gasteiger partial charge in [0.1, 0.15) is 5.75 Å². The highest BCUT2D eigenvalue weighted by atomic mass is 32.1. The lowest BCUT2D eigenvalue weighted by Crippen LogP contribution is -2.39. The van der Waals surface area contributed by atoms with Crippen molar-refractivity contribution in [2.75, 3.05) is 18.5 Å². The van der Waals surface area contributed by atoms with Crippen LogP contribution in [0.25, 0.3) is 10.4 Å². The van der Waals surface area contributed by atoms with Gasteiger partial charge in [-0.2, -0.15) is 0 Å². The molecule has 1 atom stereocenters. The Labute approximate surface area is 173 Å². The first-order valence-corrected chi connectivity index (χ1v) is 10.5. The van der Waals surface area contributed by atoms with Gasteiger partial charge in [-0.3, -0.25) is 5.32 Å². The molecule has 29 heavy (non-hydrogen) atoms. The molecule has 1 aliphatic rings. The van der Waals surface area contributed by atoms with Gasteiger partial charge >= 0.3 is 6.03 Å². The third-order valence-electron chi connectivity index (χ3n) is 4.87. The minimum Gasteiger partial charge on any atom is -0.508 e. The number of urea groups is 1. The highest BCUT2D eigenvalue weighted by Crippen LogP contribution is 2.29. The molecule has 1 aromatic heterocycles. The third-order valence-corrected chi connectivity index (χ3v) is 5.83. The van der Waals surface area contributed by atoms with Crippen LogP contribution in [0, 0.1) is 0 Å². The van der Waals surface area contributed by atoms with Crippen molar-refractivity contribution in [2.45, 2.75) is 25.5 Å². The number of nitrogens with one attached hydrogen (secondary N) is 1. The van der Waals surface area contributed by atoms with Gasteiger partial charge in [0.2, 0.25) is 0 Å². The lowest BCUT2D eigenvalue weighted by molar-refractivity contribution is 0.0817. The van der Waals surface area contributed by atoms with Crippen molar-refractivity contribution in [3.05, 3.63) is 66.4 Å². The van der Waals surface area contributed by atoms with Gasteiger partial charge < -0.3 is 14.7 Å². The summed E-state index contributed by atoms with van der Waals surface area (Å²) >= 11 is 1.43. The summed E-state index contributed by atoms with van der Waals surface area (Å²) in [5, 5.41) is 13.6. The Morgan fingerprint density at radius 1 is 1.21 bits per heavy atom. The Bertz CT molecular complexity index is 955. The van der Waals surface area contributed by atoms with E-state index in [0.29, 0.717) is 23.8 Å². The molecule has 2 N–H and O–H groups in total. The number of phenols is 1. The van der Waals surface area contributed by atoms with E-state index in [1.807, 2.05) is 42.5 Å². The van der Waals surface area contributed by atoms with Crippen LogP contribution in [0.4, 0.5) is 9.93 Å². The second kappa shape index (κ2) is 9.07. The van der Waals surface area contributed by atoms with Crippen LogP contribution in [0.1, 0.15) is 18.4 Å². The van der Waals surface area contributed by atoms with Gasteiger partial charge in [0.15, 0.2) is 5.13 Å². The molecule has 2 heterocycles. The smallest absolute Gasteiger partial charge is 0.324 e. The van der Waals surface area contributed by atoms with Crippen molar-refractivity contribution >= 4 is 22.5 Å². The molecule has 6 nitrogen and oxygen atoms in total. The molecule has 0 radical (unpaired) electrons. The standard InChI is InChI=1S/C22H23N3O3S/c26-19-11-5-4-9-17(19)14-25(15-18-10-6-12-28-18)22(27)24-21-23-13-20(29-21)16-7-2-1-3-8-16/h1-5,7-9,11,13,18,26H,6,10,12,14-15H2,(H,23,24,27). The summed E-state index contributed by atoms with van der Waals surface area (Å²) < 4.78 is 5.72. The number of hydrogen-bond acceptors (Lipinski definition) is 5. The molecule has 150 valence electrons. The minimum absolute atomic E-state index is 0.0165. The average Bonchev–Trinajstić information content (AvgIpc) is 3.42. The summed E-state index contributed by atoms with van der Waals surface area (Å²) in [4.78, 5) is 20.0. The molecule has 1 aliphatic heterocycles. The van der Waals surface area contributed by atoms with E-state index in [-0.39, 0.29) is 17.9 Å². The number of carbonyl (C=O) groups is 1. The zero-order valence-electron chi connectivity index (χ0n) is 16.0. The van der Waals surface area contributed by atoms with Gasteiger partial charge in [-0.1, -0.05) is 59.9 Å². The van der Waals surface area contributed by atoms with Crippen LogP contribution in [0.5, 0.6) is 5.75 Å². The van der Waals surface area contributed by atoms with E-state index in [1.165, 1.54) is 11.3 Å². The van der Waals surface area contributed by atoms with Crippen LogP contribution in [0.3, 0.4) is 0 Å². The van der Waals surface area contributed by atoms with Crippen LogP contribution < -0.4 is 5.32 Å². The largest absolute Gasteiger partial charge is 0.508 e. The summed E-state index contributed by atoms with van der Waals surface area (Å²) in [6.45, 7) is 1.50. The molecular formula is C22H23N3O3S. The number of thiazole rings is 1. The van der Waals surface area contributed by atoms with Gasteiger partial charge in [0.25, 0.3) is 0 Å². The number of amides is 2. The number of aromatic nitrogens is 1. The van der Waals surface area contributed by atoms with Crippen LogP contribution >= 0.6 is 11.3 Å². The fourth-order valence-electron chi connectivity index (χ4n) is 3.34. The monoisotopic (exact) mass is 409 g/mol. The molecule has 4 rings (SSSR count). The van der Waals surface area contributed by atoms with Crippen LogP contribution in [-0.4, -0.2) is 40.3 Å². The zero-order chi connectivity index (χ0) is 20.1. The van der Waals surface area contributed by atoms with Gasteiger partial charge in [-0.25, -0.2) is 9.78 Å². The molecule has 0 saturated carbocycles. The van der Waals surface area contributed by atoms with Crippen LogP contribution in [0.15, 0.2) is 60.8 Å². The topological polar surface area (TPSA) is 74.7 Å². The number of carbonyl (C=O) groups excluding carboxylic acids is 1. The average molecular weight is 410 g/mol. The maximum Gasteiger partial charge on any atom is 0.324 e. The van der Waals surface area contributed by atoms with Gasteiger partial charge in [0.05, 0.1) is 17.5 Å². The minimum atomic E-state index is -0.252. The molecule has 0 bridgehead atoms.